The normalized spacial score (nSPS) is 18.3. The van der Waals surface area contributed by atoms with Gasteiger partial charge in [0, 0.05) is 24.1 Å². The molecule has 0 spiro atoms. The molecule has 0 aromatic heterocycles. The number of hydrogen-bond donors (Lipinski definition) is 0. The fraction of sp³-hybridized carbons (Fsp3) is 0.200. The molecule has 18 heavy (non-hydrogen) atoms. The Balaban J connectivity index is 2.01. The highest BCUT2D eigenvalue weighted by Gasteiger charge is 2.24. The van der Waals surface area contributed by atoms with E-state index in [1.165, 1.54) is 0 Å². The van der Waals surface area contributed by atoms with E-state index in [2.05, 4.69) is 35.6 Å². The molecule has 1 aromatic rings. The van der Waals surface area contributed by atoms with Crippen molar-refractivity contribution in [3.8, 4) is 0 Å². The van der Waals surface area contributed by atoms with Crippen molar-refractivity contribution < 1.29 is 4.74 Å². The van der Waals surface area contributed by atoms with Crippen LogP contribution in [-0.2, 0) is 4.74 Å². The summed E-state index contributed by atoms with van der Waals surface area (Å²) in [7, 11) is 0. The van der Waals surface area contributed by atoms with Crippen LogP contribution in [0.3, 0.4) is 0 Å². The summed E-state index contributed by atoms with van der Waals surface area (Å²) >= 11 is 1.68. The summed E-state index contributed by atoms with van der Waals surface area (Å²) < 4.78 is 5.97. The molecule has 1 aliphatic rings. The third kappa shape index (κ3) is 3.06. The highest BCUT2D eigenvalue weighted by Crippen LogP contribution is 2.34. The van der Waals surface area contributed by atoms with Gasteiger partial charge in [-0.15, -0.1) is 13.2 Å². The van der Waals surface area contributed by atoms with Crippen LogP contribution < -0.4 is 0 Å². The molecule has 0 aliphatic carbocycles. The van der Waals surface area contributed by atoms with Gasteiger partial charge in [-0.05, 0) is 0 Å². The molecule has 3 heteroatoms. The van der Waals surface area contributed by atoms with Gasteiger partial charge in [0.25, 0.3) is 0 Å². The van der Waals surface area contributed by atoms with Gasteiger partial charge in [-0.3, -0.25) is 4.90 Å². The SMILES string of the molecule is C=CCN(CC=C)C1OC(c2ccccc2)=CS1. The number of rotatable bonds is 6. The van der Waals surface area contributed by atoms with Crippen molar-refractivity contribution in [3.05, 3.63) is 66.6 Å². The average molecular weight is 259 g/mol. The molecule has 0 fully saturated rings. The monoisotopic (exact) mass is 259 g/mol. The molecule has 0 N–H and O–H groups in total. The molecular formula is C15H17NOS. The zero-order chi connectivity index (χ0) is 12.8. The minimum Gasteiger partial charge on any atom is -0.464 e. The van der Waals surface area contributed by atoms with Crippen LogP contribution in [-0.4, -0.2) is 23.5 Å². The van der Waals surface area contributed by atoms with Gasteiger partial charge in [0.1, 0.15) is 5.76 Å². The number of benzene rings is 1. The van der Waals surface area contributed by atoms with Crippen molar-refractivity contribution in [2.75, 3.05) is 13.1 Å². The Hall–Kier alpha value is -1.45. The lowest BCUT2D eigenvalue weighted by atomic mass is 10.2. The Kier molecular flexibility index (Phi) is 4.67. The molecule has 1 atom stereocenters. The molecule has 0 saturated heterocycles. The van der Waals surface area contributed by atoms with Crippen molar-refractivity contribution >= 4 is 17.5 Å². The summed E-state index contributed by atoms with van der Waals surface area (Å²) in [5.74, 6) is 0.934. The molecule has 1 heterocycles. The van der Waals surface area contributed by atoms with Gasteiger partial charge >= 0.3 is 0 Å². The molecule has 0 radical (unpaired) electrons. The molecule has 0 saturated carbocycles. The Morgan fingerprint density at radius 1 is 1.17 bits per heavy atom. The summed E-state index contributed by atoms with van der Waals surface area (Å²) in [6.45, 7) is 9.13. The maximum Gasteiger partial charge on any atom is 0.205 e. The standard InChI is InChI=1S/C15H17NOS/c1-3-10-16(11-4-2)15-17-14(12-18-15)13-8-6-5-7-9-13/h3-9,12,15H,1-2,10-11H2. The number of hydrogen-bond acceptors (Lipinski definition) is 3. The van der Waals surface area contributed by atoms with Crippen LogP contribution in [0.1, 0.15) is 5.56 Å². The molecule has 2 rings (SSSR count). The van der Waals surface area contributed by atoms with E-state index in [4.69, 9.17) is 4.74 Å². The largest absolute Gasteiger partial charge is 0.464 e. The Morgan fingerprint density at radius 3 is 2.44 bits per heavy atom. The van der Waals surface area contributed by atoms with Gasteiger partial charge < -0.3 is 4.74 Å². The fourth-order valence-corrected chi connectivity index (χ4v) is 2.70. The fourth-order valence-electron chi connectivity index (χ4n) is 1.76. The molecule has 0 bridgehead atoms. The summed E-state index contributed by atoms with van der Waals surface area (Å²) in [4.78, 5) is 2.18. The van der Waals surface area contributed by atoms with E-state index in [9.17, 15) is 0 Å². The molecule has 1 aromatic carbocycles. The molecule has 1 unspecified atom stereocenters. The van der Waals surface area contributed by atoms with E-state index >= 15 is 0 Å². The minimum absolute atomic E-state index is 0.0104. The lowest BCUT2D eigenvalue weighted by Gasteiger charge is -2.25. The Bertz CT molecular complexity index is 431. The molecule has 0 amide bonds. The number of nitrogens with zero attached hydrogens (tertiary/aromatic N) is 1. The first-order chi connectivity index (χ1) is 8.85. The Labute approximate surface area is 113 Å². The van der Waals surface area contributed by atoms with Crippen LogP contribution >= 0.6 is 11.8 Å². The lowest BCUT2D eigenvalue weighted by molar-refractivity contribution is 0.0986. The van der Waals surface area contributed by atoms with E-state index in [0.717, 1.165) is 24.4 Å². The summed E-state index contributed by atoms with van der Waals surface area (Å²) in [5.41, 5.74) is 1.13. The molecular weight excluding hydrogens is 242 g/mol. The zero-order valence-electron chi connectivity index (χ0n) is 10.3. The first kappa shape index (κ1) is 13.0. The van der Waals surface area contributed by atoms with Gasteiger partial charge in [-0.1, -0.05) is 54.2 Å². The van der Waals surface area contributed by atoms with Crippen LogP contribution in [0.2, 0.25) is 0 Å². The first-order valence-electron chi connectivity index (χ1n) is 5.88. The van der Waals surface area contributed by atoms with Crippen molar-refractivity contribution in [1.29, 1.82) is 0 Å². The van der Waals surface area contributed by atoms with Crippen LogP contribution in [0, 0.1) is 0 Å². The highest BCUT2D eigenvalue weighted by atomic mass is 32.2. The van der Waals surface area contributed by atoms with E-state index in [-0.39, 0.29) is 5.56 Å². The van der Waals surface area contributed by atoms with Gasteiger partial charge in [0.2, 0.25) is 5.56 Å². The predicted octanol–water partition coefficient (Wildman–Crippen LogP) is 3.71. The van der Waals surface area contributed by atoms with Gasteiger partial charge in [0.15, 0.2) is 0 Å². The summed E-state index contributed by atoms with van der Waals surface area (Å²) in [6, 6.07) is 10.1. The maximum atomic E-state index is 5.97. The van der Waals surface area contributed by atoms with Gasteiger partial charge in [0.05, 0.1) is 0 Å². The van der Waals surface area contributed by atoms with Crippen LogP contribution in [0.5, 0.6) is 0 Å². The second-order valence-corrected chi connectivity index (χ2v) is 4.85. The molecule has 94 valence electrons. The lowest BCUT2D eigenvalue weighted by Crippen LogP contribution is -2.33. The van der Waals surface area contributed by atoms with Crippen molar-refractivity contribution in [1.82, 2.24) is 4.90 Å². The zero-order valence-corrected chi connectivity index (χ0v) is 11.1. The van der Waals surface area contributed by atoms with Crippen LogP contribution in [0.25, 0.3) is 5.76 Å². The van der Waals surface area contributed by atoms with Gasteiger partial charge in [-0.25, -0.2) is 0 Å². The maximum absolute atomic E-state index is 5.97. The highest BCUT2D eigenvalue weighted by molar-refractivity contribution is 8.02. The predicted molar refractivity (Wildman–Crippen MR) is 78.9 cm³/mol. The second kappa shape index (κ2) is 6.47. The van der Waals surface area contributed by atoms with Crippen LogP contribution in [0.15, 0.2) is 61.0 Å². The third-order valence-corrected chi connectivity index (χ3v) is 3.58. The van der Waals surface area contributed by atoms with Crippen molar-refractivity contribution in [3.63, 3.8) is 0 Å². The van der Waals surface area contributed by atoms with E-state index in [1.54, 1.807) is 11.8 Å². The van der Waals surface area contributed by atoms with Gasteiger partial charge in [-0.2, -0.15) is 0 Å². The summed E-state index contributed by atoms with van der Waals surface area (Å²) in [6.07, 6.45) is 3.77. The van der Waals surface area contributed by atoms with Crippen molar-refractivity contribution in [2.24, 2.45) is 0 Å². The quantitative estimate of drug-likeness (QED) is 0.723. The topological polar surface area (TPSA) is 12.5 Å². The van der Waals surface area contributed by atoms with E-state index < -0.39 is 0 Å². The molecule has 2 nitrogen and oxygen atoms in total. The molecule has 1 aliphatic heterocycles. The first-order valence-corrected chi connectivity index (χ1v) is 6.83. The minimum atomic E-state index is 0.0104. The van der Waals surface area contributed by atoms with Crippen LogP contribution in [0.4, 0.5) is 0 Å². The smallest absolute Gasteiger partial charge is 0.205 e. The number of ether oxygens (including phenoxy) is 1. The average Bonchev–Trinajstić information content (AvgIpc) is 2.89. The van der Waals surface area contributed by atoms with E-state index in [1.807, 2.05) is 30.4 Å². The second-order valence-electron chi connectivity index (χ2n) is 3.94. The third-order valence-electron chi connectivity index (χ3n) is 2.60. The van der Waals surface area contributed by atoms with E-state index in [0.29, 0.717) is 0 Å². The van der Waals surface area contributed by atoms with Crippen molar-refractivity contribution in [2.45, 2.75) is 5.56 Å². The Morgan fingerprint density at radius 2 is 1.83 bits per heavy atom. The number of thioether (sulfide) groups is 1. The summed E-state index contributed by atoms with van der Waals surface area (Å²) in [5, 5.41) is 2.07.